The third kappa shape index (κ3) is 4.11. The van der Waals surface area contributed by atoms with E-state index in [2.05, 4.69) is 41.5 Å². The average molecular weight is 452 g/mol. The molecule has 3 heterocycles. The van der Waals surface area contributed by atoms with Gasteiger partial charge in [-0.2, -0.15) is 0 Å². The van der Waals surface area contributed by atoms with Gasteiger partial charge in [-0.1, -0.05) is 16.8 Å². The summed E-state index contributed by atoms with van der Waals surface area (Å²) in [4.78, 5) is 27.6. The van der Waals surface area contributed by atoms with Crippen LogP contribution in [0.25, 0.3) is 0 Å². The highest BCUT2D eigenvalue weighted by Crippen LogP contribution is 2.59. The summed E-state index contributed by atoms with van der Waals surface area (Å²) in [5.41, 5.74) is 0.477. The van der Waals surface area contributed by atoms with Gasteiger partial charge in [-0.15, -0.1) is 0 Å². The highest BCUT2D eigenvalue weighted by Gasteiger charge is 2.72. The van der Waals surface area contributed by atoms with Crippen LogP contribution >= 0.6 is 0 Å². The van der Waals surface area contributed by atoms with Crippen molar-refractivity contribution in [3.8, 4) is 0 Å². The smallest absolute Gasteiger partial charge is 0.438 e. The number of aromatic nitrogens is 2. The van der Waals surface area contributed by atoms with Crippen molar-refractivity contribution >= 4 is 6.09 Å². The molecule has 1 saturated carbocycles. The number of hydrogen-bond donors (Lipinski definition) is 2. The lowest BCUT2D eigenvalue weighted by Crippen LogP contribution is -2.62. The van der Waals surface area contributed by atoms with Gasteiger partial charge in [0.2, 0.25) is 0 Å². The number of carbonyl (C=O) groups is 1. The van der Waals surface area contributed by atoms with Crippen molar-refractivity contribution in [1.29, 1.82) is 0 Å². The molecule has 3 fully saturated rings. The van der Waals surface area contributed by atoms with Crippen molar-refractivity contribution in [2.24, 2.45) is 5.92 Å². The van der Waals surface area contributed by atoms with Crippen LogP contribution in [-0.2, 0) is 20.6 Å². The number of carboxylic acid groups (broad SMARTS) is 1. The molecule has 1 spiro atoms. The molecule has 3 aliphatic rings. The number of nitrogens with one attached hydrogen (secondary N) is 1. The van der Waals surface area contributed by atoms with E-state index in [-0.39, 0.29) is 36.2 Å². The lowest BCUT2D eigenvalue weighted by Gasteiger charge is -2.47. The van der Waals surface area contributed by atoms with Crippen molar-refractivity contribution in [3.63, 3.8) is 0 Å². The van der Waals surface area contributed by atoms with Gasteiger partial charge in [0.05, 0.1) is 30.5 Å². The zero-order chi connectivity index (χ0) is 23.3. The molecule has 178 valence electrons. The first-order valence-electron chi connectivity index (χ1n) is 11.2. The second kappa shape index (κ2) is 8.31. The van der Waals surface area contributed by atoms with Gasteiger partial charge in [-0.3, -0.25) is 14.4 Å². The van der Waals surface area contributed by atoms with Crippen LogP contribution in [0, 0.1) is 5.92 Å². The van der Waals surface area contributed by atoms with Crippen LogP contribution < -0.4 is 5.76 Å². The lowest BCUT2D eigenvalue weighted by atomic mass is 9.67. The standard InChI is InChI=1S/C22H33N3O7/c1-12(2)6-7-15-21(4,31-15)18-17(29-5)14(8-9-22(18)11-30-22)25(20(27)28)13(3)10-16-23-19(26)32-24-16/h6,13-15,17-18H,7-11H2,1-5H3,(H,27,28)(H,23,24,26)/t13-,14+,15+,17+,18+,21-,22-/m0/s1. The number of methoxy groups -OCH3 is 1. The van der Waals surface area contributed by atoms with E-state index >= 15 is 0 Å². The second-order valence-corrected chi connectivity index (χ2v) is 9.73. The SMILES string of the molecule is CO[C@@H]1[C@H](N(C(=O)O)[C@@H](C)Cc2noc(=O)[nH]2)CC[C@]2(CO2)[C@H]1[C@@]1(C)O[C@@H]1CC=C(C)C. The van der Waals surface area contributed by atoms with Gasteiger partial charge < -0.3 is 19.3 Å². The Kier molecular flexibility index (Phi) is 5.98. The van der Waals surface area contributed by atoms with Gasteiger partial charge in [0.25, 0.3) is 0 Å². The van der Waals surface area contributed by atoms with Crippen LogP contribution in [0.1, 0.15) is 52.8 Å². The van der Waals surface area contributed by atoms with Gasteiger partial charge in [-0.25, -0.2) is 9.59 Å². The first-order chi connectivity index (χ1) is 15.1. The third-order valence-electron chi connectivity index (χ3n) is 7.29. The summed E-state index contributed by atoms with van der Waals surface area (Å²) in [5, 5.41) is 13.8. The minimum absolute atomic E-state index is 0.0517. The van der Waals surface area contributed by atoms with Crippen LogP contribution in [-0.4, -0.2) is 75.5 Å². The van der Waals surface area contributed by atoms with Crippen LogP contribution in [0.15, 0.2) is 21.0 Å². The molecular weight excluding hydrogens is 418 g/mol. The largest absolute Gasteiger partial charge is 0.465 e. The topological polar surface area (TPSA) is 134 Å². The number of allylic oxidation sites excluding steroid dienone is 1. The molecule has 0 aromatic carbocycles. The third-order valence-corrected chi connectivity index (χ3v) is 7.29. The summed E-state index contributed by atoms with van der Waals surface area (Å²) in [7, 11) is 1.63. The van der Waals surface area contributed by atoms with Crippen LogP contribution in [0.2, 0.25) is 0 Å². The highest BCUT2D eigenvalue weighted by molar-refractivity contribution is 5.66. The van der Waals surface area contributed by atoms with E-state index < -0.39 is 23.5 Å². The predicted molar refractivity (Wildman–Crippen MR) is 113 cm³/mol. The molecule has 0 radical (unpaired) electrons. The number of H-pyrrole nitrogens is 1. The van der Waals surface area contributed by atoms with E-state index in [0.29, 0.717) is 18.9 Å². The normalized spacial score (nSPS) is 36.5. The molecule has 2 saturated heterocycles. The molecule has 7 atom stereocenters. The second-order valence-electron chi connectivity index (χ2n) is 9.73. The maximum absolute atomic E-state index is 12.4. The summed E-state index contributed by atoms with van der Waals surface area (Å²) in [6, 6.07) is -0.823. The molecule has 4 rings (SSSR count). The van der Waals surface area contributed by atoms with Crippen molar-refractivity contribution in [2.45, 2.75) is 88.9 Å². The van der Waals surface area contributed by atoms with Gasteiger partial charge in [0.15, 0.2) is 5.82 Å². The molecule has 32 heavy (non-hydrogen) atoms. The van der Waals surface area contributed by atoms with E-state index in [1.165, 1.54) is 10.5 Å². The number of aromatic amines is 1. The van der Waals surface area contributed by atoms with E-state index in [4.69, 9.17) is 14.2 Å². The predicted octanol–water partition coefficient (Wildman–Crippen LogP) is 2.35. The molecule has 0 bridgehead atoms. The van der Waals surface area contributed by atoms with Crippen molar-refractivity contribution in [3.05, 3.63) is 28.0 Å². The lowest BCUT2D eigenvalue weighted by molar-refractivity contribution is -0.0976. The Morgan fingerprint density at radius 2 is 2.19 bits per heavy atom. The quantitative estimate of drug-likeness (QED) is 0.454. The van der Waals surface area contributed by atoms with Gasteiger partial charge in [0.1, 0.15) is 5.60 Å². The number of hydrogen-bond acceptors (Lipinski definition) is 7. The molecule has 10 nitrogen and oxygen atoms in total. The maximum atomic E-state index is 12.4. The van der Waals surface area contributed by atoms with Crippen molar-refractivity contribution in [2.75, 3.05) is 13.7 Å². The minimum atomic E-state index is -1.04. The average Bonchev–Trinajstić information content (AvgIpc) is 3.59. The Morgan fingerprint density at radius 3 is 2.72 bits per heavy atom. The molecule has 2 aliphatic heterocycles. The zero-order valence-corrected chi connectivity index (χ0v) is 19.3. The summed E-state index contributed by atoms with van der Waals surface area (Å²) in [6.45, 7) is 8.66. The van der Waals surface area contributed by atoms with Crippen molar-refractivity contribution in [1.82, 2.24) is 15.0 Å². The fourth-order valence-electron chi connectivity index (χ4n) is 5.64. The van der Waals surface area contributed by atoms with E-state index in [9.17, 15) is 14.7 Å². The molecule has 1 aromatic heterocycles. The Balaban J connectivity index is 1.58. The molecule has 1 aromatic rings. The summed E-state index contributed by atoms with van der Waals surface area (Å²) in [5.74, 6) is -0.429. The molecule has 10 heteroatoms. The summed E-state index contributed by atoms with van der Waals surface area (Å²) in [6.07, 6.45) is 3.20. The Labute approximate surface area is 186 Å². The van der Waals surface area contributed by atoms with Crippen LogP contribution in [0.3, 0.4) is 0 Å². The number of epoxide rings is 2. The molecular formula is C22H33N3O7. The Bertz CT molecular complexity index is 932. The Hall–Kier alpha value is -2.17. The molecule has 1 aliphatic carbocycles. The highest BCUT2D eigenvalue weighted by atomic mass is 16.6. The van der Waals surface area contributed by atoms with Crippen LogP contribution in [0.4, 0.5) is 4.79 Å². The molecule has 0 unspecified atom stereocenters. The van der Waals surface area contributed by atoms with Gasteiger partial charge in [-0.05, 0) is 47.0 Å². The van der Waals surface area contributed by atoms with E-state index in [0.717, 1.165) is 12.8 Å². The van der Waals surface area contributed by atoms with E-state index in [1.807, 2.05) is 0 Å². The van der Waals surface area contributed by atoms with E-state index in [1.54, 1.807) is 14.0 Å². The fourth-order valence-corrected chi connectivity index (χ4v) is 5.64. The number of nitrogens with zero attached hydrogens (tertiary/aromatic N) is 2. The monoisotopic (exact) mass is 451 g/mol. The zero-order valence-electron chi connectivity index (χ0n) is 19.3. The maximum Gasteiger partial charge on any atom is 0.438 e. The number of rotatable bonds is 8. The molecule has 2 N–H and O–H groups in total. The summed E-state index contributed by atoms with van der Waals surface area (Å²) >= 11 is 0. The number of ether oxygens (including phenoxy) is 3. The fraction of sp³-hybridized carbons (Fsp3) is 0.773. The van der Waals surface area contributed by atoms with Crippen LogP contribution in [0.5, 0.6) is 0 Å². The van der Waals surface area contributed by atoms with Gasteiger partial charge >= 0.3 is 11.8 Å². The van der Waals surface area contributed by atoms with Gasteiger partial charge in [0, 0.05) is 25.5 Å². The first-order valence-corrected chi connectivity index (χ1v) is 11.2. The molecule has 1 amide bonds. The minimum Gasteiger partial charge on any atom is -0.465 e. The number of amides is 1. The Morgan fingerprint density at radius 1 is 1.47 bits per heavy atom. The van der Waals surface area contributed by atoms with Crippen molar-refractivity contribution < 1.29 is 28.6 Å². The first kappa shape index (κ1) is 23.0. The summed E-state index contributed by atoms with van der Waals surface area (Å²) < 4.78 is 22.7.